The van der Waals surface area contributed by atoms with Crippen molar-refractivity contribution in [2.75, 3.05) is 45.9 Å². The normalized spacial score (nSPS) is 15.7. The third-order valence-corrected chi connectivity index (χ3v) is 3.98. The molecule has 5 nitrogen and oxygen atoms in total. The van der Waals surface area contributed by atoms with E-state index in [0.29, 0.717) is 6.54 Å². The predicted octanol–water partition coefficient (Wildman–Crippen LogP) is 2.74. The molecule has 0 radical (unpaired) electrons. The fourth-order valence-electron chi connectivity index (χ4n) is 2.44. The maximum absolute atomic E-state index is 5.90. The van der Waals surface area contributed by atoms with Gasteiger partial charge in [-0.3, -0.25) is 4.90 Å². The highest BCUT2D eigenvalue weighted by Gasteiger charge is 2.09. The topological polar surface area (TPSA) is 48.9 Å². The van der Waals surface area contributed by atoms with E-state index in [1.807, 2.05) is 24.3 Å². The molecule has 0 unspecified atom stereocenters. The van der Waals surface area contributed by atoms with E-state index in [4.69, 9.17) is 16.3 Å². The van der Waals surface area contributed by atoms with Gasteiger partial charge in [-0.25, -0.2) is 4.99 Å². The van der Waals surface area contributed by atoms with Crippen molar-refractivity contribution in [1.82, 2.24) is 15.5 Å². The Kier molecular flexibility index (Phi) is 11.4. The first-order valence-corrected chi connectivity index (χ1v) is 8.72. The molecule has 2 N–H and O–H groups in total. The lowest BCUT2D eigenvalue weighted by molar-refractivity contribution is 0.0376. The summed E-state index contributed by atoms with van der Waals surface area (Å²) in [5, 5.41) is 7.43. The van der Waals surface area contributed by atoms with Gasteiger partial charge in [0.2, 0.25) is 0 Å². The van der Waals surface area contributed by atoms with Crippen molar-refractivity contribution in [1.29, 1.82) is 0 Å². The fourth-order valence-corrected chi connectivity index (χ4v) is 2.56. The zero-order valence-corrected chi connectivity index (χ0v) is 17.3. The number of benzene rings is 1. The Morgan fingerprint density at radius 1 is 1.21 bits per heavy atom. The number of hydrogen-bond acceptors (Lipinski definition) is 3. The summed E-state index contributed by atoms with van der Waals surface area (Å²) < 4.78 is 5.36. The molecule has 0 spiro atoms. The summed E-state index contributed by atoms with van der Waals surface area (Å²) in [5.41, 5.74) is 1.15. The van der Waals surface area contributed by atoms with E-state index in [1.165, 1.54) is 0 Å². The lowest BCUT2D eigenvalue weighted by atomic mass is 10.2. The van der Waals surface area contributed by atoms with Crippen LogP contribution in [0.5, 0.6) is 0 Å². The number of nitrogens with one attached hydrogen (secondary N) is 2. The lowest BCUT2D eigenvalue weighted by Crippen LogP contribution is -2.40. The van der Waals surface area contributed by atoms with Crippen molar-refractivity contribution in [3.63, 3.8) is 0 Å². The van der Waals surface area contributed by atoms with E-state index in [9.17, 15) is 0 Å². The van der Waals surface area contributed by atoms with E-state index in [2.05, 4.69) is 27.4 Å². The van der Waals surface area contributed by atoms with Crippen LogP contribution in [-0.4, -0.2) is 56.8 Å². The largest absolute Gasteiger partial charge is 0.379 e. The minimum atomic E-state index is 0. The summed E-state index contributed by atoms with van der Waals surface area (Å²) in [6.45, 7) is 9.42. The van der Waals surface area contributed by atoms with Gasteiger partial charge in [-0.15, -0.1) is 24.0 Å². The van der Waals surface area contributed by atoms with Crippen molar-refractivity contribution in [2.45, 2.75) is 19.9 Å². The van der Waals surface area contributed by atoms with Crippen molar-refractivity contribution >= 4 is 41.5 Å². The number of aliphatic imine (C=N–C) groups is 1. The second kappa shape index (κ2) is 12.7. The quantitative estimate of drug-likeness (QED) is 0.281. The predicted molar refractivity (Wildman–Crippen MR) is 112 cm³/mol. The molecule has 0 atom stereocenters. The average Bonchev–Trinajstić information content (AvgIpc) is 2.59. The Morgan fingerprint density at radius 2 is 1.92 bits per heavy atom. The van der Waals surface area contributed by atoms with E-state index in [-0.39, 0.29) is 24.0 Å². The van der Waals surface area contributed by atoms with Crippen LogP contribution in [0.4, 0.5) is 0 Å². The molecular formula is C17H28ClIN4O. The minimum absolute atomic E-state index is 0. The molecule has 0 amide bonds. The molecule has 0 aromatic heterocycles. The average molecular weight is 467 g/mol. The van der Waals surface area contributed by atoms with Gasteiger partial charge in [-0.2, -0.15) is 0 Å². The number of rotatable bonds is 7. The number of nitrogens with zero attached hydrogens (tertiary/aromatic N) is 2. The van der Waals surface area contributed by atoms with Crippen LogP contribution in [0.15, 0.2) is 29.3 Å². The van der Waals surface area contributed by atoms with Crippen LogP contribution >= 0.6 is 35.6 Å². The third-order valence-electron chi connectivity index (χ3n) is 3.72. The molecule has 24 heavy (non-hydrogen) atoms. The van der Waals surface area contributed by atoms with Crippen LogP contribution in [0.1, 0.15) is 18.9 Å². The molecule has 1 aliphatic rings. The SMILES string of the molecule is CCNC(=NCc1ccc(Cl)cc1)NCCCN1CCOCC1.I. The lowest BCUT2D eigenvalue weighted by Gasteiger charge is -2.26. The van der Waals surface area contributed by atoms with E-state index in [1.54, 1.807) is 0 Å². The number of halogens is 2. The first-order chi connectivity index (χ1) is 11.3. The van der Waals surface area contributed by atoms with Crippen LogP contribution in [-0.2, 0) is 11.3 Å². The Balaban J connectivity index is 0.00000288. The summed E-state index contributed by atoms with van der Waals surface area (Å²) in [6.07, 6.45) is 1.10. The van der Waals surface area contributed by atoms with Gasteiger partial charge < -0.3 is 15.4 Å². The van der Waals surface area contributed by atoms with Gasteiger partial charge in [-0.05, 0) is 37.6 Å². The monoisotopic (exact) mass is 466 g/mol. The second-order valence-corrected chi connectivity index (χ2v) is 5.99. The number of hydrogen-bond donors (Lipinski definition) is 2. The summed E-state index contributed by atoms with van der Waals surface area (Å²) in [7, 11) is 0. The molecule has 1 saturated heterocycles. The van der Waals surface area contributed by atoms with Gasteiger partial charge in [0.25, 0.3) is 0 Å². The maximum Gasteiger partial charge on any atom is 0.191 e. The molecule has 1 aromatic carbocycles. The highest BCUT2D eigenvalue weighted by atomic mass is 127. The zero-order valence-electron chi connectivity index (χ0n) is 14.3. The van der Waals surface area contributed by atoms with Crippen LogP contribution in [0.25, 0.3) is 0 Å². The molecular weight excluding hydrogens is 439 g/mol. The molecule has 0 bridgehead atoms. The van der Waals surface area contributed by atoms with Crippen LogP contribution < -0.4 is 10.6 Å². The second-order valence-electron chi connectivity index (χ2n) is 5.56. The van der Waals surface area contributed by atoms with Crippen LogP contribution in [0, 0.1) is 0 Å². The number of morpholine rings is 1. The highest BCUT2D eigenvalue weighted by molar-refractivity contribution is 14.0. The summed E-state index contributed by atoms with van der Waals surface area (Å²) >= 11 is 5.90. The minimum Gasteiger partial charge on any atom is -0.379 e. The van der Waals surface area contributed by atoms with Gasteiger partial charge in [0.15, 0.2) is 5.96 Å². The van der Waals surface area contributed by atoms with Gasteiger partial charge in [-0.1, -0.05) is 23.7 Å². The zero-order chi connectivity index (χ0) is 16.3. The van der Waals surface area contributed by atoms with Crippen molar-refractivity contribution in [3.8, 4) is 0 Å². The molecule has 2 rings (SSSR count). The van der Waals surface area contributed by atoms with Crippen LogP contribution in [0.3, 0.4) is 0 Å². The number of guanidine groups is 1. The standard InChI is InChI=1S/C17H27ClN4O.HI/c1-2-19-17(21-14-15-4-6-16(18)7-5-15)20-8-3-9-22-10-12-23-13-11-22;/h4-7H,2-3,8-14H2,1H3,(H2,19,20,21);1H. The van der Waals surface area contributed by atoms with E-state index in [0.717, 1.165) is 68.9 Å². The first-order valence-electron chi connectivity index (χ1n) is 8.34. The highest BCUT2D eigenvalue weighted by Crippen LogP contribution is 2.10. The molecule has 1 aromatic rings. The Hall–Kier alpha value is -0.570. The summed E-state index contributed by atoms with van der Waals surface area (Å²) in [4.78, 5) is 7.06. The molecule has 1 fully saturated rings. The van der Waals surface area contributed by atoms with E-state index < -0.39 is 0 Å². The summed E-state index contributed by atoms with van der Waals surface area (Å²) in [5.74, 6) is 0.865. The molecule has 1 aliphatic heterocycles. The van der Waals surface area contributed by atoms with Gasteiger partial charge in [0, 0.05) is 31.2 Å². The van der Waals surface area contributed by atoms with Gasteiger partial charge in [0.05, 0.1) is 19.8 Å². The van der Waals surface area contributed by atoms with Crippen molar-refractivity contribution < 1.29 is 4.74 Å². The Labute approximate surface area is 167 Å². The molecule has 7 heteroatoms. The van der Waals surface area contributed by atoms with Gasteiger partial charge >= 0.3 is 0 Å². The van der Waals surface area contributed by atoms with Crippen molar-refractivity contribution in [3.05, 3.63) is 34.9 Å². The maximum atomic E-state index is 5.90. The smallest absolute Gasteiger partial charge is 0.191 e. The molecule has 1 heterocycles. The van der Waals surface area contributed by atoms with Gasteiger partial charge in [0.1, 0.15) is 0 Å². The molecule has 0 saturated carbocycles. The van der Waals surface area contributed by atoms with Crippen LogP contribution in [0.2, 0.25) is 5.02 Å². The number of ether oxygens (including phenoxy) is 1. The third kappa shape index (κ3) is 8.50. The first kappa shape index (κ1) is 21.5. The van der Waals surface area contributed by atoms with E-state index >= 15 is 0 Å². The fraction of sp³-hybridized carbons (Fsp3) is 0.588. The molecule has 0 aliphatic carbocycles. The van der Waals surface area contributed by atoms with Crippen molar-refractivity contribution in [2.24, 2.45) is 4.99 Å². The Bertz CT molecular complexity index is 478. The summed E-state index contributed by atoms with van der Waals surface area (Å²) in [6, 6.07) is 7.81. The molecule has 136 valence electrons. The Morgan fingerprint density at radius 3 is 2.58 bits per heavy atom.